The van der Waals surface area contributed by atoms with Crippen LogP contribution in [-0.2, 0) is 10.0 Å². The molecule has 174 valence electrons. The number of sulfonamides is 1. The molecule has 0 aliphatic carbocycles. The standard InChI is InChI=1S/C26H26N4O3S/c1-17(2)22-12-4-5-13-23(22)24-16-25(33-20-10-6-8-18(3)14-20)29-26(28-24)30-34(31,32)21-11-7-9-19(27)15-21/h4-17H,27H2,1-3H3,(H,28,29,30). The molecule has 8 heteroatoms. The van der Waals surface area contributed by atoms with Gasteiger partial charge < -0.3 is 10.5 Å². The first-order chi connectivity index (χ1) is 16.2. The van der Waals surface area contributed by atoms with Crippen molar-refractivity contribution >= 4 is 21.7 Å². The van der Waals surface area contributed by atoms with E-state index in [4.69, 9.17) is 10.5 Å². The van der Waals surface area contributed by atoms with Gasteiger partial charge in [0, 0.05) is 17.3 Å². The Morgan fingerprint density at radius 3 is 2.41 bits per heavy atom. The van der Waals surface area contributed by atoms with Gasteiger partial charge >= 0.3 is 0 Å². The van der Waals surface area contributed by atoms with Gasteiger partial charge in [0.2, 0.25) is 11.8 Å². The lowest BCUT2D eigenvalue weighted by Crippen LogP contribution is -2.16. The molecule has 0 amide bonds. The molecule has 0 aliphatic rings. The van der Waals surface area contributed by atoms with Crippen LogP contribution in [0.15, 0.2) is 83.8 Å². The van der Waals surface area contributed by atoms with Crippen LogP contribution in [0.1, 0.15) is 30.9 Å². The molecule has 7 nitrogen and oxygen atoms in total. The van der Waals surface area contributed by atoms with E-state index >= 15 is 0 Å². The first-order valence-electron chi connectivity index (χ1n) is 10.8. The van der Waals surface area contributed by atoms with Gasteiger partial charge in [-0.3, -0.25) is 0 Å². The van der Waals surface area contributed by atoms with Gasteiger partial charge in [0.05, 0.1) is 10.6 Å². The number of ether oxygens (including phenoxy) is 1. The van der Waals surface area contributed by atoms with Crippen molar-refractivity contribution in [2.45, 2.75) is 31.6 Å². The first kappa shape index (κ1) is 23.3. The van der Waals surface area contributed by atoms with Crippen molar-refractivity contribution in [3.05, 3.63) is 90.0 Å². The summed E-state index contributed by atoms with van der Waals surface area (Å²) in [6.07, 6.45) is 0. The van der Waals surface area contributed by atoms with Crippen LogP contribution < -0.4 is 15.2 Å². The fraction of sp³-hybridized carbons (Fsp3) is 0.154. The maximum absolute atomic E-state index is 13.0. The van der Waals surface area contributed by atoms with Gasteiger partial charge in [-0.1, -0.05) is 56.3 Å². The largest absolute Gasteiger partial charge is 0.439 e. The molecule has 4 rings (SSSR count). The highest BCUT2D eigenvalue weighted by Crippen LogP contribution is 2.32. The van der Waals surface area contributed by atoms with Gasteiger partial charge in [-0.05, 0) is 54.3 Å². The molecule has 3 N–H and O–H groups in total. The molecular weight excluding hydrogens is 448 g/mol. The van der Waals surface area contributed by atoms with E-state index in [2.05, 4.69) is 28.5 Å². The lowest BCUT2D eigenvalue weighted by Gasteiger charge is -2.15. The molecule has 3 aromatic carbocycles. The van der Waals surface area contributed by atoms with E-state index in [9.17, 15) is 8.42 Å². The van der Waals surface area contributed by atoms with E-state index in [1.165, 1.54) is 12.1 Å². The van der Waals surface area contributed by atoms with Crippen LogP contribution in [-0.4, -0.2) is 18.4 Å². The number of hydrogen-bond donors (Lipinski definition) is 2. The minimum absolute atomic E-state index is 0.0187. The summed E-state index contributed by atoms with van der Waals surface area (Å²) in [5.74, 6) is 0.951. The molecule has 0 unspecified atom stereocenters. The Morgan fingerprint density at radius 1 is 0.912 bits per heavy atom. The maximum atomic E-state index is 13.0. The predicted molar refractivity (Wildman–Crippen MR) is 134 cm³/mol. The summed E-state index contributed by atoms with van der Waals surface area (Å²) in [5.41, 5.74) is 9.64. The molecule has 0 atom stereocenters. The lowest BCUT2D eigenvalue weighted by molar-refractivity contribution is 0.462. The van der Waals surface area contributed by atoms with Crippen LogP contribution in [0, 0.1) is 6.92 Å². The van der Waals surface area contributed by atoms with Gasteiger partial charge in [-0.15, -0.1) is 0 Å². The highest BCUT2D eigenvalue weighted by Gasteiger charge is 2.19. The van der Waals surface area contributed by atoms with Crippen LogP contribution in [0.3, 0.4) is 0 Å². The quantitative estimate of drug-likeness (QED) is 0.330. The highest BCUT2D eigenvalue weighted by atomic mass is 32.2. The fourth-order valence-corrected chi connectivity index (χ4v) is 4.55. The van der Waals surface area contributed by atoms with Gasteiger partial charge in [0.1, 0.15) is 5.75 Å². The summed E-state index contributed by atoms with van der Waals surface area (Å²) in [6, 6.07) is 23.1. The number of rotatable bonds is 7. The molecule has 34 heavy (non-hydrogen) atoms. The minimum atomic E-state index is -3.97. The molecule has 4 aromatic rings. The van der Waals surface area contributed by atoms with Crippen molar-refractivity contribution in [1.82, 2.24) is 9.97 Å². The number of benzene rings is 3. The van der Waals surface area contributed by atoms with Crippen LogP contribution in [0.5, 0.6) is 11.6 Å². The number of hydrogen-bond acceptors (Lipinski definition) is 6. The zero-order chi connectivity index (χ0) is 24.3. The van der Waals surface area contributed by atoms with Gasteiger partial charge in [0.15, 0.2) is 0 Å². The Morgan fingerprint density at radius 2 is 1.68 bits per heavy atom. The maximum Gasteiger partial charge on any atom is 0.264 e. The van der Waals surface area contributed by atoms with Gasteiger partial charge in [-0.25, -0.2) is 18.1 Å². The van der Waals surface area contributed by atoms with Crippen LogP contribution in [0.4, 0.5) is 11.6 Å². The normalized spacial score (nSPS) is 11.4. The average molecular weight is 475 g/mol. The third-order valence-electron chi connectivity index (χ3n) is 5.17. The molecule has 0 bridgehead atoms. The number of nitrogen functional groups attached to an aromatic ring is 1. The molecular formula is C26H26N4O3S. The second-order valence-electron chi connectivity index (χ2n) is 8.25. The zero-order valence-electron chi connectivity index (χ0n) is 19.2. The van der Waals surface area contributed by atoms with Crippen molar-refractivity contribution < 1.29 is 13.2 Å². The fourth-order valence-electron chi connectivity index (χ4n) is 3.55. The van der Waals surface area contributed by atoms with E-state index in [1.54, 1.807) is 18.2 Å². The summed E-state index contributed by atoms with van der Waals surface area (Å²) in [5, 5.41) is 0. The van der Waals surface area contributed by atoms with Gasteiger partial charge in [-0.2, -0.15) is 4.98 Å². The van der Waals surface area contributed by atoms with E-state index < -0.39 is 10.0 Å². The van der Waals surface area contributed by atoms with Crippen molar-refractivity contribution in [2.75, 3.05) is 10.5 Å². The molecule has 0 spiro atoms. The Hall–Kier alpha value is -3.91. The minimum Gasteiger partial charge on any atom is -0.439 e. The predicted octanol–water partition coefficient (Wildman–Crippen LogP) is 5.75. The monoisotopic (exact) mass is 474 g/mol. The first-order valence-corrected chi connectivity index (χ1v) is 12.3. The summed E-state index contributed by atoms with van der Waals surface area (Å²) >= 11 is 0. The summed E-state index contributed by atoms with van der Waals surface area (Å²) in [6.45, 7) is 6.14. The zero-order valence-corrected chi connectivity index (χ0v) is 20.0. The molecule has 0 aliphatic heterocycles. The van der Waals surface area contributed by atoms with Crippen molar-refractivity contribution in [2.24, 2.45) is 0 Å². The SMILES string of the molecule is Cc1cccc(Oc2cc(-c3ccccc3C(C)C)nc(NS(=O)(=O)c3cccc(N)c3)n2)c1. The Kier molecular flexibility index (Phi) is 6.51. The van der Waals surface area contributed by atoms with Crippen LogP contribution >= 0.6 is 0 Å². The third kappa shape index (κ3) is 5.35. The van der Waals surface area contributed by atoms with E-state index in [-0.39, 0.29) is 22.6 Å². The topological polar surface area (TPSA) is 107 Å². The van der Waals surface area contributed by atoms with Crippen molar-refractivity contribution in [1.29, 1.82) is 0 Å². The van der Waals surface area contributed by atoms with Crippen molar-refractivity contribution in [3.63, 3.8) is 0 Å². The van der Waals surface area contributed by atoms with Crippen molar-refractivity contribution in [3.8, 4) is 22.9 Å². The Balaban J connectivity index is 1.80. The third-order valence-corrected chi connectivity index (χ3v) is 6.49. The number of aryl methyl sites for hydroxylation is 1. The van der Waals surface area contributed by atoms with Gasteiger partial charge in [0.25, 0.3) is 10.0 Å². The molecule has 1 heterocycles. The molecule has 1 aromatic heterocycles. The second-order valence-corrected chi connectivity index (χ2v) is 9.94. The second kappa shape index (κ2) is 9.52. The number of nitrogens with one attached hydrogen (secondary N) is 1. The van der Waals surface area contributed by atoms with E-state index in [0.717, 1.165) is 16.7 Å². The Labute approximate surface area is 199 Å². The molecule has 0 fully saturated rings. The average Bonchev–Trinajstić information content (AvgIpc) is 2.78. The number of aromatic nitrogens is 2. The smallest absolute Gasteiger partial charge is 0.264 e. The summed E-state index contributed by atoms with van der Waals surface area (Å²) < 4.78 is 34.5. The number of nitrogens with zero attached hydrogens (tertiary/aromatic N) is 2. The Bertz CT molecular complexity index is 1440. The van der Waals surface area contributed by atoms with E-state index in [1.807, 2.05) is 55.5 Å². The summed E-state index contributed by atoms with van der Waals surface area (Å²) in [4.78, 5) is 8.88. The summed E-state index contributed by atoms with van der Waals surface area (Å²) in [7, 11) is -3.97. The van der Waals surface area contributed by atoms with E-state index in [0.29, 0.717) is 17.1 Å². The number of nitrogens with two attached hydrogens (primary N) is 1. The number of anilines is 2. The highest BCUT2D eigenvalue weighted by molar-refractivity contribution is 7.92. The molecule has 0 saturated heterocycles. The lowest BCUT2D eigenvalue weighted by atomic mass is 9.95. The molecule has 0 saturated carbocycles. The van der Waals surface area contributed by atoms with Crippen LogP contribution in [0.25, 0.3) is 11.3 Å². The van der Waals surface area contributed by atoms with Crippen LogP contribution in [0.2, 0.25) is 0 Å². The molecule has 0 radical (unpaired) electrons.